The highest BCUT2D eigenvalue weighted by molar-refractivity contribution is 5.76. The number of methoxy groups -OCH3 is 1. The van der Waals surface area contributed by atoms with Crippen molar-refractivity contribution in [3.63, 3.8) is 0 Å². The Morgan fingerprint density at radius 2 is 1.69 bits per heavy atom. The van der Waals surface area contributed by atoms with Crippen molar-refractivity contribution in [1.29, 1.82) is 0 Å². The monoisotopic (exact) mass is 482 g/mol. The van der Waals surface area contributed by atoms with Crippen LogP contribution in [0.5, 0.6) is 23.0 Å². The van der Waals surface area contributed by atoms with E-state index in [9.17, 15) is 9.90 Å². The van der Waals surface area contributed by atoms with Gasteiger partial charge in [-0.25, -0.2) is 0 Å². The maximum atomic E-state index is 12.9. The molecule has 2 fully saturated rings. The fourth-order valence-electron chi connectivity index (χ4n) is 5.46. The number of hydrogen-bond donors (Lipinski definition) is 2. The van der Waals surface area contributed by atoms with Crippen molar-refractivity contribution in [2.45, 2.75) is 56.3 Å². The Balaban J connectivity index is 1.23. The van der Waals surface area contributed by atoms with Gasteiger partial charge in [0.15, 0.2) is 11.5 Å². The highest BCUT2D eigenvalue weighted by Gasteiger charge is 2.41. The lowest BCUT2D eigenvalue weighted by Gasteiger charge is -2.32. The van der Waals surface area contributed by atoms with E-state index in [-0.39, 0.29) is 18.9 Å². The minimum atomic E-state index is -0.864. The van der Waals surface area contributed by atoms with Crippen molar-refractivity contribution >= 4 is 5.91 Å². The summed E-state index contributed by atoms with van der Waals surface area (Å²) in [6.07, 6.45) is 4.12. The van der Waals surface area contributed by atoms with E-state index in [1.807, 2.05) is 42.5 Å². The zero-order chi connectivity index (χ0) is 24.2. The molecule has 8 heteroatoms. The average Bonchev–Trinajstić information content (AvgIpc) is 3.47. The van der Waals surface area contributed by atoms with Gasteiger partial charge in [-0.05, 0) is 67.6 Å². The molecule has 1 unspecified atom stereocenters. The van der Waals surface area contributed by atoms with E-state index < -0.39 is 12.1 Å². The number of benzene rings is 2. The topological polar surface area (TPSA) is 89.5 Å². The Bertz CT molecular complexity index is 993. The number of ether oxygens (including phenoxy) is 4. The van der Waals surface area contributed by atoms with Crippen LogP contribution < -0.4 is 24.3 Å². The largest absolute Gasteiger partial charge is 0.497 e. The predicted octanol–water partition coefficient (Wildman–Crippen LogP) is 3.08. The van der Waals surface area contributed by atoms with Crippen LogP contribution in [0, 0.1) is 0 Å². The molecule has 2 aromatic carbocycles. The molecule has 2 bridgehead atoms. The number of rotatable bonds is 10. The second-order valence-electron chi connectivity index (χ2n) is 9.46. The Hall–Kier alpha value is -2.97. The molecule has 0 aliphatic carbocycles. The average molecular weight is 483 g/mol. The van der Waals surface area contributed by atoms with Gasteiger partial charge in [-0.1, -0.05) is 6.07 Å². The SMILES string of the molecule is COc1ccc(OCCC(=O)N[C@H](CN2C3CCC2CC3)C(O)c2ccc3c(c2)OCCO3)cc1. The van der Waals surface area contributed by atoms with Gasteiger partial charge in [-0.3, -0.25) is 9.69 Å². The number of nitrogens with one attached hydrogen (secondary N) is 1. The van der Waals surface area contributed by atoms with Crippen molar-refractivity contribution in [2.24, 2.45) is 0 Å². The molecular formula is C27H34N2O6. The maximum Gasteiger partial charge on any atom is 0.223 e. The quantitative estimate of drug-likeness (QED) is 0.538. The third-order valence-electron chi connectivity index (χ3n) is 7.30. The Morgan fingerprint density at radius 3 is 2.37 bits per heavy atom. The first kappa shape index (κ1) is 23.8. The molecule has 2 atom stereocenters. The van der Waals surface area contributed by atoms with Crippen LogP contribution in [0.15, 0.2) is 42.5 Å². The van der Waals surface area contributed by atoms with Crippen LogP contribution >= 0.6 is 0 Å². The summed E-state index contributed by atoms with van der Waals surface area (Å²) in [5, 5.41) is 14.4. The van der Waals surface area contributed by atoms with Crippen molar-refractivity contribution in [3.8, 4) is 23.0 Å². The third kappa shape index (κ3) is 5.49. The lowest BCUT2D eigenvalue weighted by Crippen LogP contribution is -2.48. The van der Waals surface area contributed by atoms with Crippen LogP contribution in [0.4, 0.5) is 0 Å². The molecule has 2 saturated heterocycles. The van der Waals surface area contributed by atoms with Gasteiger partial charge in [0.05, 0.1) is 26.2 Å². The second-order valence-corrected chi connectivity index (χ2v) is 9.46. The first-order valence-electron chi connectivity index (χ1n) is 12.5. The molecule has 3 aliphatic heterocycles. The van der Waals surface area contributed by atoms with E-state index in [1.165, 1.54) is 25.7 Å². The van der Waals surface area contributed by atoms with Crippen LogP contribution in [-0.4, -0.2) is 67.5 Å². The van der Waals surface area contributed by atoms with Gasteiger partial charge in [0.2, 0.25) is 5.91 Å². The minimum Gasteiger partial charge on any atom is -0.497 e. The number of aliphatic hydroxyl groups is 1. The molecule has 5 rings (SSSR count). The van der Waals surface area contributed by atoms with Gasteiger partial charge in [0.1, 0.15) is 30.8 Å². The summed E-state index contributed by atoms with van der Waals surface area (Å²) in [5.74, 6) is 2.60. The van der Waals surface area contributed by atoms with Crippen molar-refractivity contribution in [2.75, 3.05) is 33.5 Å². The van der Waals surface area contributed by atoms with Gasteiger partial charge < -0.3 is 29.4 Å². The van der Waals surface area contributed by atoms with Crippen LogP contribution in [0.3, 0.4) is 0 Å². The molecule has 35 heavy (non-hydrogen) atoms. The number of aliphatic hydroxyl groups excluding tert-OH is 1. The molecule has 2 N–H and O–H groups in total. The predicted molar refractivity (Wildman–Crippen MR) is 130 cm³/mol. The second kappa shape index (κ2) is 10.7. The van der Waals surface area contributed by atoms with Gasteiger partial charge in [-0.15, -0.1) is 0 Å². The molecule has 3 heterocycles. The molecule has 3 aliphatic rings. The molecule has 2 aromatic rings. The summed E-state index contributed by atoms with van der Waals surface area (Å²) in [4.78, 5) is 15.4. The molecule has 0 saturated carbocycles. The number of carbonyl (C=O) groups excluding carboxylic acids is 1. The van der Waals surface area contributed by atoms with Crippen LogP contribution in [-0.2, 0) is 4.79 Å². The first-order valence-corrected chi connectivity index (χ1v) is 12.5. The zero-order valence-corrected chi connectivity index (χ0v) is 20.2. The maximum absolute atomic E-state index is 12.9. The van der Waals surface area contributed by atoms with E-state index in [0.29, 0.717) is 54.7 Å². The summed E-state index contributed by atoms with van der Waals surface area (Å²) in [6, 6.07) is 13.4. The number of amides is 1. The highest BCUT2D eigenvalue weighted by Crippen LogP contribution is 2.39. The van der Waals surface area contributed by atoms with Crippen molar-refractivity contribution in [3.05, 3.63) is 48.0 Å². The van der Waals surface area contributed by atoms with Gasteiger partial charge in [0, 0.05) is 18.6 Å². The fourth-order valence-corrected chi connectivity index (χ4v) is 5.46. The van der Waals surface area contributed by atoms with E-state index in [4.69, 9.17) is 18.9 Å². The van der Waals surface area contributed by atoms with Crippen molar-refractivity contribution in [1.82, 2.24) is 10.2 Å². The van der Waals surface area contributed by atoms with E-state index in [0.717, 1.165) is 5.75 Å². The first-order chi connectivity index (χ1) is 17.1. The summed E-state index contributed by atoms with van der Waals surface area (Å²) in [6.45, 7) is 1.87. The van der Waals surface area contributed by atoms with Crippen LogP contribution in [0.2, 0.25) is 0 Å². The molecule has 0 radical (unpaired) electrons. The van der Waals surface area contributed by atoms with E-state index in [1.54, 1.807) is 7.11 Å². The molecule has 0 spiro atoms. The normalized spacial score (nSPS) is 22.5. The number of fused-ring (bicyclic) bond motifs is 3. The van der Waals surface area contributed by atoms with Crippen molar-refractivity contribution < 1.29 is 28.8 Å². The standard InChI is InChI=1S/C27H34N2O6/c1-32-21-7-9-22(10-8-21)33-13-12-26(30)28-23(17-29-19-3-4-20(29)6-5-19)27(31)18-2-11-24-25(16-18)35-15-14-34-24/h2,7-11,16,19-20,23,27,31H,3-6,12-15,17H2,1H3,(H,28,30)/t19?,20?,23-,27?/m1/s1. The number of carbonyl (C=O) groups is 1. The van der Waals surface area contributed by atoms with Gasteiger partial charge >= 0.3 is 0 Å². The minimum absolute atomic E-state index is 0.147. The van der Waals surface area contributed by atoms with Gasteiger partial charge in [-0.2, -0.15) is 0 Å². The van der Waals surface area contributed by atoms with Crippen LogP contribution in [0.1, 0.15) is 43.8 Å². The summed E-state index contributed by atoms with van der Waals surface area (Å²) in [5.41, 5.74) is 0.709. The number of nitrogens with zero attached hydrogens (tertiary/aromatic N) is 1. The Labute approximate surface area is 206 Å². The molecule has 8 nitrogen and oxygen atoms in total. The molecule has 0 aromatic heterocycles. The molecular weight excluding hydrogens is 448 g/mol. The van der Waals surface area contributed by atoms with Crippen LogP contribution in [0.25, 0.3) is 0 Å². The zero-order valence-electron chi connectivity index (χ0n) is 20.2. The lowest BCUT2D eigenvalue weighted by molar-refractivity contribution is -0.123. The fraction of sp³-hybridized carbons (Fsp3) is 0.519. The Morgan fingerprint density at radius 1 is 1.03 bits per heavy atom. The molecule has 188 valence electrons. The summed E-state index contributed by atoms with van der Waals surface area (Å²) in [7, 11) is 1.61. The highest BCUT2D eigenvalue weighted by atomic mass is 16.6. The van der Waals surface area contributed by atoms with E-state index >= 15 is 0 Å². The lowest BCUT2D eigenvalue weighted by atomic mass is 10.0. The molecule has 1 amide bonds. The smallest absolute Gasteiger partial charge is 0.223 e. The summed E-state index contributed by atoms with van der Waals surface area (Å²) < 4.78 is 22.2. The van der Waals surface area contributed by atoms with E-state index in [2.05, 4.69) is 10.2 Å². The van der Waals surface area contributed by atoms with Gasteiger partial charge in [0.25, 0.3) is 0 Å². The summed E-state index contributed by atoms with van der Waals surface area (Å²) >= 11 is 0. The third-order valence-corrected chi connectivity index (χ3v) is 7.30. The number of hydrogen-bond acceptors (Lipinski definition) is 7. The Kier molecular flexibility index (Phi) is 7.29.